The summed E-state index contributed by atoms with van der Waals surface area (Å²) in [5.74, 6) is 0.619. The summed E-state index contributed by atoms with van der Waals surface area (Å²) < 4.78 is 10.1. The number of anilines is 3. The fraction of sp³-hybridized carbons (Fsp3) is 0.136. The van der Waals surface area contributed by atoms with Crippen LogP contribution in [0.2, 0.25) is 0 Å². The quantitative estimate of drug-likeness (QED) is 0.585. The number of amides is 1. The summed E-state index contributed by atoms with van der Waals surface area (Å²) in [6.07, 6.45) is 1.56. The van der Waals surface area contributed by atoms with Crippen LogP contribution < -0.4 is 15.4 Å². The number of ether oxygens (including phenoxy) is 2. The lowest BCUT2D eigenvalue weighted by molar-refractivity contribution is 0.0526. The first-order valence-electron chi connectivity index (χ1n) is 9.04. The van der Waals surface area contributed by atoms with Gasteiger partial charge in [-0.15, -0.1) is 0 Å². The number of benzene rings is 2. The summed E-state index contributed by atoms with van der Waals surface area (Å²) in [6.45, 7) is 2.06. The number of hydrogen-bond acceptors (Lipinski definition) is 6. The highest BCUT2D eigenvalue weighted by Crippen LogP contribution is 2.20. The van der Waals surface area contributed by atoms with E-state index in [1.165, 1.54) is 0 Å². The number of aromatic nitrogens is 1. The topological polar surface area (TPSA) is 89.5 Å². The number of nitrogens with zero attached hydrogens (tertiary/aromatic N) is 1. The molecule has 0 aliphatic carbocycles. The van der Waals surface area contributed by atoms with Gasteiger partial charge in [0, 0.05) is 23.1 Å². The van der Waals surface area contributed by atoms with E-state index in [1.807, 2.05) is 24.3 Å². The van der Waals surface area contributed by atoms with Crippen LogP contribution in [0.1, 0.15) is 27.6 Å². The molecule has 0 saturated heterocycles. The molecule has 0 spiro atoms. The maximum absolute atomic E-state index is 12.5. The molecule has 0 radical (unpaired) electrons. The number of carbonyl (C=O) groups excluding carboxylic acids is 2. The van der Waals surface area contributed by atoms with Crippen LogP contribution in [0.5, 0.6) is 5.75 Å². The summed E-state index contributed by atoms with van der Waals surface area (Å²) in [5, 5.41) is 5.95. The number of rotatable bonds is 7. The largest absolute Gasteiger partial charge is 0.497 e. The third kappa shape index (κ3) is 5.32. The van der Waals surface area contributed by atoms with Crippen molar-refractivity contribution in [1.29, 1.82) is 0 Å². The van der Waals surface area contributed by atoms with Crippen molar-refractivity contribution in [2.24, 2.45) is 0 Å². The van der Waals surface area contributed by atoms with Crippen LogP contribution in [0.25, 0.3) is 0 Å². The summed E-state index contributed by atoms with van der Waals surface area (Å²) in [4.78, 5) is 28.5. The highest BCUT2D eigenvalue weighted by atomic mass is 16.5. The molecule has 3 rings (SSSR count). The highest BCUT2D eigenvalue weighted by Gasteiger charge is 2.10. The third-order valence-corrected chi connectivity index (χ3v) is 4.04. The first kappa shape index (κ1) is 19.9. The van der Waals surface area contributed by atoms with Gasteiger partial charge in [-0.05, 0) is 67.6 Å². The molecular weight excluding hydrogens is 370 g/mol. The van der Waals surface area contributed by atoms with Gasteiger partial charge >= 0.3 is 5.97 Å². The molecule has 29 heavy (non-hydrogen) atoms. The van der Waals surface area contributed by atoms with E-state index in [9.17, 15) is 9.59 Å². The van der Waals surface area contributed by atoms with Gasteiger partial charge in [0.25, 0.3) is 5.91 Å². The zero-order valence-electron chi connectivity index (χ0n) is 16.1. The molecule has 0 fully saturated rings. The lowest BCUT2D eigenvalue weighted by Gasteiger charge is -2.09. The van der Waals surface area contributed by atoms with Crippen LogP contribution in [0.4, 0.5) is 17.2 Å². The van der Waals surface area contributed by atoms with Crippen molar-refractivity contribution >= 4 is 29.1 Å². The van der Waals surface area contributed by atoms with Gasteiger partial charge in [0.2, 0.25) is 0 Å². The van der Waals surface area contributed by atoms with E-state index in [0.29, 0.717) is 29.2 Å². The number of nitrogens with one attached hydrogen (secondary N) is 2. The molecular formula is C22H21N3O4. The Morgan fingerprint density at radius 2 is 1.62 bits per heavy atom. The van der Waals surface area contributed by atoms with Crippen molar-refractivity contribution in [3.05, 3.63) is 78.0 Å². The minimum absolute atomic E-state index is 0.283. The standard InChI is InChI=1S/C22H21N3O4/c1-3-29-22(27)15-4-6-18(7-5-15)25-21(26)16-12-13-23-20(14-16)24-17-8-10-19(28-2)11-9-17/h4-14H,3H2,1-2H3,(H,23,24)(H,25,26). The maximum atomic E-state index is 12.5. The number of pyridine rings is 1. The first-order chi connectivity index (χ1) is 14.1. The first-order valence-corrected chi connectivity index (χ1v) is 9.04. The van der Waals surface area contributed by atoms with E-state index in [4.69, 9.17) is 9.47 Å². The lowest BCUT2D eigenvalue weighted by Crippen LogP contribution is -2.12. The summed E-state index contributed by atoms with van der Waals surface area (Å²) >= 11 is 0. The monoisotopic (exact) mass is 391 g/mol. The Morgan fingerprint density at radius 3 is 2.28 bits per heavy atom. The fourth-order valence-electron chi connectivity index (χ4n) is 2.57. The molecule has 0 bridgehead atoms. The van der Waals surface area contributed by atoms with E-state index in [0.717, 1.165) is 11.4 Å². The summed E-state index contributed by atoms with van der Waals surface area (Å²) in [7, 11) is 1.61. The summed E-state index contributed by atoms with van der Waals surface area (Å²) in [5.41, 5.74) is 2.28. The Labute approximate surface area is 168 Å². The van der Waals surface area contributed by atoms with Crippen LogP contribution in [0.15, 0.2) is 66.9 Å². The minimum Gasteiger partial charge on any atom is -0.497 e. The van der Waals surface area contributed by atoms with Crippen molar-refractivity contribution in [2.75, 3.05) is 24.4 Å². The Kier molecular flexibility index (Phi) is 6.42. The zero-order valence-corrected chi connectivity index (χ0v) is 16.1. The fourth-order valence-corrected chi connectivity index (χ4v) is 2.57. The molecule has 1 heterocycles. The molecule has 0 unspecified atom stereocenters. The molecule has 1 amide bonds. The van der Waals surface area contributed by atoms with Gasteiger partial charge in [-0.1, -0.05) is 0 Å². The summed E-state index contributed by atoms with van der Waals surface area (Å²) in [6, 6.07) is 17.2. The molecule has 7 nitrogen and oxygen atoms in total. The van der Waals surface area contributed by atoms with Gasteiger partial charge in [0.15, 0.2) is 0 Å². The smallest absolute Gasteiger partial charge is 0.338 e. The minimum atomic E-state index is -0.395. The predicted molar refractivity (Wildman–Crippen MR) is 111 cm³/mol. The molecule has 3 aromatic rings. The van der Waals surface area contributed by atoms with Crippen molar-refractivity contribution in [3.63, 3.8) is 0 Å². The predicted octanol–water partition coefficient (Wildman–Crippen LogP) is 4.26. The number of carbonyl (C=O) groups is 2. The van der Waals surface area contributed by atoms with Crippen LogP contribution >= 0.6 is 0 Å². The van der Waals surface area contributed by atoms with Crippen LogP contribution in [-0.2, 0) is 4.74 Å². The lowest BCUT2D eigenvalue weighted by atomic mass is 10.2. The van der Waals surface area contributed by atoms with Gasteiger partial charge in [0.1, 0.15) is 11.6 Å². The number of esters is 1. The van der Waals surface area contributed by atoms with Crippen molar-refractivity contribution < 1.29 is 19.1 Å². The molecule has 0 aliphatic rings. The number of hydrogen-bond donors (Lipinski definition) is 2. The second-order valence-corrected chi connectivity index (χ2v) is 6.04. The maximum Gasteiger partial charge on any atom is 0.338 e. The third-order valence-electron chi connectivity index (χ3n) is 4.04. The second-order valence-electron chi connectivity index (χ2n) is 6.04. The molecule has 2 aromatic carbocycles. The van der Waals surface area contributed by atoms with E-state index in [1.54, 1.807) is 56.6 Å². The van der Waals surface area contributed by atoms with E-state index < -0.39 is 5.97 Å². The molecule has 148 valence electrons. The average Bonchev–Trinajstić information content (AvgIpc) is 2.75. The molecule has 0 aliphatic heterocycles. The Hall–Kier alpha value is -3.87. The van der Waals surface area contributed by atoms with E-state index >= 15 is 0 Å². The van der Waals surface area contributed by atoms with E-state index in [-0.39, 0.29) is 5.91 Å². The Morgan fingerprint density at radius 1 is 0.931 bits per heavy atom. The van der Waals surface area contributed by atoms with Gasteiger partial charge in [-0.2, -0.15) is 0 Å². The molecule has 2 N–H and O–H groups in total. The van der Waals surface area contributed by atoms with E-state index in [2.05, 4.69) is 15.6 Å². The van der Waals surface area contributed by atoms with Gasteiger partial charge in [0.05, 0.1) is 19.3 Å². The van der Waals surface area contributed by atoms with Gasteiger partial charge in [-0.25, -0.2) is 9.78 Å². The van der Waals surface area contributed by atoms with Crippen molar-refractivity contribution in [1.82, 2.24) is 4.98 Å². The van der Waals surface area contributed by atoms with Crippen LogP contribution in [0, 0.1) is 0 Å². The normalized spacial score (nSPS) is 10.1. The highest BCUT2D eigenvalue weighted by molar-refractivity contribution is 6.04. The second kappa shape index (κ2) is 9.36. The molecule has 7 heteroatoms. The Balaban J connectivity index is 1.66. The molecule has 0 saturated carbocycles. The van der Waals surface area contributed by atoms with Crippen molar-refractivity contribution in [3.8, 4) is 5.75 Å². The molecule has 0 atom stereocenters. The molecule has 1 aromatic heterocycles. The van der Waals surface area contributed by atoms with Crippen LogP contribution in [0.3, 0.4) is 0 Å². The Bertz CT molecular complexity index is 986. The van der Waals surface area contributed by atoms with Crippen molar-refractivity contribution in [2.45, 2.75) is 6.92 Å². The SMILES string of the molecule is CCOC(=O)c1ccc(NC(=O)c2ccnc(Nc3ccc(OC)cc3)c2)cc1. The van der Waals surface area contributed by atoms with Gasteiger partial charge in [-0.3, -0.25) is 4.79 Å². The zero-order chi connectivity index (χ0) is 20.6. The number of methoxy groups -OCH3 is 1. The average molecular weight is 391 g/mol. The van der Waals surface area contributed by atoms with Gasteiger partial charge < -0.3 is 20.1 Å². The van der Waals surface area contributed by atoms with Crippen LogP contribution in [-0.4, -0.2) is 30.6 Å².